The molecule has 1 aliphatic heterocycles. The highest BCUT2D eigenvalue weighted by Gasteiger charge is 2.34. The fraction of sp³-hybridized carbons (Fsp3) is 0.185. The number of hydrogen-bond acceptors (Lipinski definition) is 4. The van der Waals surface area contributed by atoms with Crippen molar-refractivity contribution in [3.63, 3.8) is 0 Å². The summed E-state index contributed by atoms with van der Waals surface area (Å²) in [5.74, 6) is 0.742. The van der Waals surface area contributed by atoms with Crippen LogP contribution in [0, 0.1) is 13.8 Å². The summed E-state index contributed by atoms with van der Waals surface area (Å²) in [5.41, 5.74) is 6.25. The third-order valence-electron chi connectivity index (χ3n) is 6.19. The highest BCUT2D eigenvalue weighted by Crippen LogP contribution is 2.38. The van der Waals surface area contributed by atoms with Gasteiger partial charge in [-0.15, -0.1) is 0 Å². The van der Waals surface area contributed by atoms with Crippen molar-refractivity contribution in [3.8, 4) is 5.75 Å². The molecule has 1 aromatic heterocycles. The number of halogens is 1. The van der Waals surface area contributed by atoms with Crippen LogP contribution >= 0.6 is 15.9 Å². The average Bonchev–Trinajstić information content (AvgIpc) is 3.10. The molecule has 0 radical (unpaired) electrons. The molecule has 0 unspecified atom stereocenters. The zero-order valence-electron chi connectivity index (χ0n) is 19.2. The van der Waals surface area contributed by atoms with Crippen molar-refractivity contribution in [2.75, 3.05) is 17.3 Å². The number of carbonyl (C=O) groups excluding carboxylic acids is 1. The zero-order chi connectivity index (χ0) is 23.8. The number of hydrogen-bond donors (Lipinski definition) is 1. The first-order chi connectivity index (χ1) is 16.5. The van der Waals surface area contributed by atoms with E-state index < -0.39 is 0 Å². The predicted octanol–water partition coefficient (Wildman–Crippen LogP) is 6.09. The lowest BCUT2D eigenvalue weighted by atomic mass is 10.0. The Morgan fingerprint density at radius 3 is 2.47 bits per heavy atom. The van der Waals surface area contributed by atoms with Gasteiger partial charge >= 0.3 is 0 Å². The number of rotatable bonds is 5. The minimum absolute atomic E-state index is 0.0367. The van der Waals surface area contributed by atoms with E-state index in [0.29, 0.717) is 12.1 Å². The number of aromatic nitrogens is 2. The molecule has 0 spiro atoms. The molecular weight excluding hydrogens is 492 g/mol. The Hall–Kier alpha value is -3.58. The van der Waals surface area contributed by atoms with Gasteiger partial charge in [0.05, 0.1) is 35.1 Å². The van der Waals surface area contributed by atoms with E-state index in [4.69, 9.17) is 4.74 Å². The molecule has 0 bridgehead atoms. The number of aryl methyl sites for hydroxylation is 1. The second kappa shape index (κ2) is 8.99. The first-order valence-corrected chi connectivity index (χ1v) is 11.9. The molecule has 172 valence electrons. The fourth-order valence-corrected chi connectivity index (χ4v) is 4.71. The van der Waals surface area contributed by atoms with Gasteiger partial charge in [0.2, 0.25) is 0 Å². The van der Waals surface area contributed by atoms with Crippen LogP contribution in [0.1, 0.15) is 39.0 Å². The number of fused-ring (bicyclic) bond motifs is 1. The standard InChI is InChI=1S/C27H25BrN4O2/c1-17-25(28)18(2)31(30-17)16-20-15-19(13-14-24(20)34-3)26-29-23-12-8-7-11-22(23)27(33)32(26)21-9-5-4-6-10-21/h4-15,26,29H,16H2,1-3H3/t26-/m1/s1. The summed E-state index contributed by atoms with van der Waals surface area (Å²) in [5, 5.41) is 8.24. The monoisotopic (exact) mass is 516 g/mol. The molecule has 1 amide bonds. The second-order valence-electron chi connectivity index (χ2n) is 8.32. The molecule has 1 atom stereocenters. The SMILES string of the molecule is COc1ccc([C@@H]2Nc3ccccc3C(=O)N2c2ccccc2)cc1Cn1nc(C)c(Br)c1C. The van der Waals surface area contributed by atoms with E-state index in [1.54, 1.807) is 7.11 Å². The Morgan fingerprint density at radius 1 is 1.03 bits per heavy atom. The van der Waals surface area contributed by atoms with E-state index in [9.17, 15) is 4.79 Å². The van der Waals surface area contributed by atoms with E-state index in [0.717, 1.165) is 44.1 Å². The van der Waals surface area contributed by atoms with Crippen molar-refractivity contribution in [1.29, 1.82) is 0 Å². The summed E-state index contributed by atoms with van der Waals surface area (Å²) < 4.78 is 8.64. The molecule has 0 saturated carbocycles. The lowest BCUT2D eigenvalue weighted by molar-refractivity contribution is 0.0975. The normalized spacial score (nSPS) is 15.1. The molecule has 5 rings (SSSR count). The average molecular weight is 517 g/mol. The highest BCUT2D eigenvalue weighted by atomic mass is 79.9. The smallest absolute Gasteiger partial charge is 0.262 e. The van der Waals surface area contributed by atoms with Crippen LogP contribution in [-0.2, 0) is 6.54 Å². The van der Waals surface area contributed by atoms with Crippen LogP contribution in [0.5, 0.6) is 5.75 Å². The summed E-state index contributed by atoms with van der Waals surface area (Å²) in [6.45, 7) is 4.57. The zero-order valence-corrected chi connectivity index (χ0v) is 20.8. The van der Waals surface area contributed by atoms with Crippen molar-refractivity contribution in [1.82, 2.24) is 9.78 Å². The number of nitrogens with zero attached hydrogens (tertiary/aromatic N) is 3. The Morgan fingerprint density at radius 2 is 1.76 bits per heavy atom. The van der Waals surface area contributed by atoms with Gasteiger partial charge in [-0.25, -0.2) is 0 Å². The van der Waals surface area contributed by atoms with Gasteiger partial charge in [-0.2, -0.15) is 5.10 Å². The number of benzene rings is 3. The molecule has 3 aromatic carbocycles. The quantitative estimate of drug-likeness (QED) is 0.348. The fourth-order valence-electron chi connectivity index (χ4n) is 4.42. The Balaban J connectivity index is 1.60. The van der Waals surface area contributed by atoms with E-state index >= 15 is 0 Å². The lowest BCUT2D eigenvalue weighted by Crippen LogP contribution is -2.43. The van der Waals surface area contributed by atoms with E-state index in [2.05, 4.69) is 32.4 Å². The first-order valence-electron chi connectivity index (χ1n) is 11.1. The van der Waals surface area contributed by atoms with Crippen LogP contribution in [-0.4, -0.2) is 22.8 Å². The molecule has 0 aliphatic carbocycles. The van der Waals surface area contributed by atoms with Gasteiger partial charge in [0, 0.05) is 16.9 Å². The van der Waals surface area contributed by atoms with Crippen LogP contribution in [0.3, 0.4) is 0 Å². The maximum Gasteiger partial charge on any atom is 0.262 e. The van der Waals surface area contributed by atoms with Crippen LogP contribution in [0.4, 0.5) is 11.4 Å². The van der Waals surface area contributed by atoms with E-state index in [1.165, 1.54) is 0 Å². The van der Waals surface area contributed by atoms with E-state index in [1.807, 2.05) is 90.2 Å². The number of ether oxygens (including phenoxy) is 1. The molecule has 1 N–H and O–H groups in total. The predicted molar refractivity (Wildman–Crippen MR) is 138 cm³/mol. The van der Waals surface area contributed by atoms with Crippen LogP contribution in [0.15, 0.2) is 77.3 Å². The first kappa shape index (κ1) is 22.2. The summed E-state index contributed by atoms with van der Waals surface area (Å²) in [6.07, 6.45) is -0.373. The van der Waals surface area contributed by atoms with Crippen LogP contribution in [0.2, 0.25) is 0 Å². The molecule has 7 heteroatoms. The molecule has 4 aromatic rings. The number of amides is 1. The van der Waals surface area contributed by atoms with Gasteiger partial charge in [-0.05, 0) is 71.7 Å². The minimum Gasteiger partial charge on any atom is -0.496 e. The third-order valence-corrected chi connectivity index (χ3v) is 7.34. The van der Waals surface area contributed by atoms with Crippen molar-refractivity contribution >= 4 is 33.2 Å². The van der Waals surface area contributed by atoms with Crippen LogP contribution in [0.25, 0.3) is 0 Å². The van der Waals surface area contributed by atoms with Gasteiger partial charge in [-0.1, -0.05) is 36.4 Å². The number of carbonyl (C=O) groups is 1. The molecule has 6 nitrogen and oxygen atoms in total. The molecule has 0 fully saturated rings. The minimum atomic E-state index is -0.373. The number of methoxy groups -OCH3 is 1. The second-order valence-corrected chi connectivity index (χ2v) is 9.11. The number of nitrogens with one attached hydrogen (secondary N) is 1. The largest absolute Gasteiger partial charge is 0.496 e. The molecule has 2 heterocycles. The van der Waals surface area contributed by atoms with Gasteiger partial charge in [0.25, 0.3) is 5.91 Å². The number of anilines is 2. The van der Waals surface area contributed by atoms with E-state index in [-0.39, 0.29) is 12.1 Å². The van der Waals surface area contributed by atoms with Crippen molar-refractivity contribution < 1.29 is 9.53 Å². The van der Waals surface area contributed by atoms with Gasteiger partial charge in [-0.3, -0.25) is 14.4 Å². The molecule has 1 aliphatic rings. The van der Waals surface area contributed by atoms with Crippen molar-refractivity contribution in [2.45, 2.75) is 26.6 Å². The maximum atomic E-state index is 13.6. The maximum absolute atomic E-state index is 13.6. The van der Waals surface area contributed by atoms with Crippen LogP contribution < -0.4 is 15.0 Å². The molecule has 34 heavy (non-hydrogen) atoms. The topological polar surface area (TPSA) is 59.4 Å². The van der Waals surface area contributed by atoms with Crippen molar-refractivity contribution in [3.05, 3.63) is 105 Å². The lowest BCUT2D eigenvalue weighted by Gasteiger charge is -2.38. The Labute approximate surface area is 207 Å². The van der Waals surface area contributed by atoms with Gasteiger partial charge in [0.1, 0.15) is 11.9 Å². The molecular formula is C27H25BrN4O2. The van der Waals surface area contributed by atoms with Gasteiger partial charge < -0.3 is 10.1 Å². The summed E-state index contributed by atoms with van der Waals surface area (Å²) in [7, 11) is 1.67. The molecule has 0 saturated heterocycles. The highest BCUT2D eigenvalue weighted by molar-refractivity contribution is 9.10. The summed E-state index contributed by atoms with van der Waals surface area (Å²) in [4.78, 5) is 15.4. The Kier molecular flexibility index (Phi) is 5.87. The third kappa shape index (κ3) is 3.86. The number of para-hydroxylation sites is 2. The van der Waals surface area contributed by atoms with Gasteiger partial charge in [0.15, 0.2) is 0 Å². The Bertz CT molecular complexity index is 1370. The summed E-state index contributed by atoms with van der Waals surface area (Å²) in [6, 6.07) is 23.4. The van der Waals surface area contributed by atoms with Crippen molar-refractivity contribution in [2.24, 2.45) is 0 Å². The summed E-state index contributed by atoms with van der Waals surface area (Å²) >= 11 is 3.61.